The molecule has 0 saturated carbocycles. The second-order valence-electron chi connectivity index (χ2n) is 6.30. The van der Waals surface area contributed by atoms with Gasteiger partial charge in [-0.3, -0.25) is 4.79 Å². The van der Waals surface area contributed by atoms with Gasteiger partial charge in [0.05, 0.1) is 17.3 Å². The monoisotopic (exact) mass is 462 g/mol. The number of nitrogens with zero attached hydrogens (tertiary/aromatic N) is 4. The first-order chi connectivity index (χ1) is 14.9. The molecule has 2 N–H and O–H groups in total. The highest BCUT2D eigenvalue weighted by Crippen LogP contribution is 2.26. The summed E-state index contributed by atoms with van der Waals surface area (Å²) in [6, 6.07) is 12.0. The number of benzene rings is 2. The fraction of sp³-hybridized carbons (Fsp3) is 0.263. The van der Waals surface area contributed by atoms with E-state index in [0.717, 1.165) is 11.8 Å². The van der Waals surface area contributed by atoms with Gasteiger partial charge in [0.15, 0.2) is 0 Å². The topological polar surface area (TPSA) is 128 Å². The molecule has 0 saturated heterocycles. The van der Waals surface area contributed by atoms with E-state index in [-0.39, 0.29) is 16.6 Å². The van der Waals surface area contributed by atoms with Crippen LogP contribution in [0.15, 0.2) is 52.5 Å². The van der Waals surface area contributed by atoms with Gasteiger partial charge in [0.1, 0.15) is 11.4 Å². The van der Waals surface area contributed by atoms with Crippen molar-refractivity contribution in [3.8, 4) is 11.4 Å². The first kappa shape index (κ1) is 22.7. The van der Waals surface area contributed by atoms with Crippen molar-refractivity contribution >= 4 is 33.4 Å². The molecular weight excluding hydrogens is 440 g/mol. The zero-order chi connectivity index (χ0) is 22.4. The summed E-state index contributed by atoms with van der Waals surface area (Å²) in [6.07, 6.45) is 0. The second-order valence-corrected chi connectivity index (χ2v) is 9.10. The number of aryl methyl sites for hydroxylation is 1. The van der Waals surface area contributed by atoms with Crippen molar-refractivity contribution in [2.75, 3.05) is 24.7 Å². The predicted octanol–water partition coefficient (Wildman–Crippen LogP) is 2.01. The van der Waals surface area contributed by atoms with Gasteiger partial charge < -0.3 is 10.1 Å². The lowest BCUT2D eigenvalue weighted by atomic mass is 10.2. The maximum absolute atomic E-state index is 12.4. The van der Waals surface area contributed by atoms with Gasteiger partial charge in [0.2, 0.25) is 21.1 Å². The summed E-state index contributed by atoms with van der Waals surface area (Å²) in [5.74, 6) is 0.329. The molecule has 1 heterocycles. The van der Waals surface area contributed by atoms with Crippen LogP contribution in [0.2, 0.25) is 0 Å². The summed E-state index contributed by atoms with van der Waals surface area (Å²) < 4.78 is 33.7. The summed E-state index contributed by atoms with van der Waals surface area (Å²) in [4.78, 5) is 12.5. The van der Waals surface area contributed by atoms with Gasteiger partial charge in [-0.05, 0) is 61.2 Å². The van der Waals surface area contributed by atoms with Crippen LogP contribution in [-0.2, 0) is 14.8 Å². The van der Waals surface area contributed by atoms with Crippen LogP contribution >= 0.6 is 11.8 Å². The molecule has 0 spiro atoms. The van der Waals surface area contributed by atoms with Gasteiger partial charge in [-0.2, -0.15) is 4.68 Å². The predicted molar refractivity (Wildman–Crippen MR) is 117 cm³/mol. The minimum Gasteiger partial charge on any atom is -0.492 e. The van der Waals surface area contributed by atoms with Crippen LogP contribution in [0.5, 0.6) is 5.75 Å². The van der Waals surface area contributed by atoms with Gasteiger partial charge in [-0.1, -0.05) is 30.0 Å². The molecule has 164 valence electrons. The molecule has 12 heteroatoms. The molecule has 2 aromatic carbocycles. The van der Waals surface area contributed by atoms with E-state index in [9.17, 15) is 13.2 Å². The van der Waals surface area contributed by atoms with Crippen molar-refractivity contribution in [1.29, 1.82) is 0 Å². The third-order valence-electron chi connectivity index (χ3n) is 4.20. The average Bonchev–Trinajstić information content (AvgIpc) is 3.22. The minimum atomic E-state index is -3.63. The molecule has 0 unspecified atom stereocenters. The molecule has 0 atom stereocenters. The minimum absolute atomic E-state index is 0.0269. The Morgan fingerprint density at radius 1 is 1.23 bits per heavy atom. The van der Waals surface area contributed by atoms with Crippen LogP contribution in [0.1, 0.15) is 12.5 Å². The van der Waals surface area contributed by atoms with Crippen LogP contribution in [0.4, 0.5) is 5.69 Å². The van der Waals surface area contributed by atoms with E-state index in [0.29, 0.717) is 34.5 Å². The molecular formula is C19H22N6O4S2. The number of para-hydroxylation sites is 2. The smallest absolute Gasteiger partial charge is 0.240 e. The van der Waals surface area contributed by atoms with E-state index in [4.69, 9.17) is 4.74 Å². The molecule has 3 rings (SSSR count). The average molecular weight is 463 g/mol. The Labute approximate surface area is 184 Å². The molecule has 31 heavy (non-hydrogen) atoms. The fourth-order valence-corrected chi connectivity index (χ4v) is 4.41. The Kier molecular flexibility index (Phi) is 7.25. The number of carbonyl (C=O) groups is 1. The number of hydrogen-bond acceptors (Lipinski definition) is 8. The number of aromatic nitrogens is 4. The van der Waals surface area contributed by atoms with Crippen molar-refractivity contribution in [3.63, 3.8) is 0 Å². The molecule has 0 aliphatic heterocycles. The molecule has 10 nitrogen and oxygen atoms in total. The molecule has 0 bridgehead atoms. The van der Waals surface area contributed by atoms with E-state index in [1.54, 1.807) is 19.1 Å². The lowest BCUT2D eigenvalue weighted by Crippen LogP contribution is -2.20. The van der Waals surface area contributed by atoms with Crippen LogP contribution in [0.25, 0.3) is 5.69 Å². The van der Waals surface area contributed by atoms with E-state index >= 15 is 0 Å². The Morgan fingerprint density at radius 2 is 2.00 bits per heavy atom. The van der Waals surface area contributed by atoms with Crippen molar-refractivity contribution in [3.05, 3.63) is 48.0 Å². The van der Waals surface area contributed by atoms with Crippen molar-refractivity contribution in [2.24, 2.45) is 0 Å². The largest absolute Gasteiger partial charge is 0.492 e. The number of carbonyl (C=O) groups excluding carboxylic acids is 1. The number of hydrogen-bond donors (Lipinski definition) is 2. The second kappa shape index (κ2) is 9.90. The van der Waals surface area contributed by atoms with Crippen LogP contribution in [-0.4, -0.2) is 53.9 Å². The number of thioether (sulfide) groups is 1. The number of tetrazole rings is 1. The Balaban J connectivity index is 1.71. The van der Waals surface area contributed by atoms with Crippen molar-refractivity contribution < 1.29 is 17.9 Å². The van der Waals surface area contributed by atoms with Gasteiger partial charge >= 0.3 is 0 Å². The first-order valence-corrected chi connectivity index (χ1v) is 11.8. The lowest BCUT2D eigenvalue weighted by molar-refractivity contribution is -0.113. The molecule has 1 amide bonds. The van der Waals surface area contributed by atoms with Crippen LogP contribution in [0, 0.1) is 6.92 Å². The normalized spacial score (nSPS) is 11.3. The van der Waals surface area contributed by atoms with Gasteiger partial charge in [0.25, 0.3) is 0 Å². The highest BCUT2D eigenvalue weighted by atomic mass is 32.2. The van der Waals surface area contributed by atoms with Gasteiger partial charge in [0, 0.05) is 5.69 Å². The Bertz CT molecular complexity index is 1180. The van der Waals surface area contributed by atoms with Crippen LogP contribution < -0.4 is 14.8 Å². The SMILES string of the molecule is CCOc1ccccc1-n1nnnc1SCC(=O)Nc1ccc(C)c(S(=O)(=O)NC)c1. The molecule has 3 aromatic rings. The maximum atomic E-state index is 12.4. The molecule has 1 aromatic heterocycles. The number of amides is 1. The number of rotatable bonds is 9. The zero-order valence-electron chi connectivity index (χ0n) is 17.2. The fourth-order valence-electron chi connectivity index (χ4n) is 2.73. The maximum Gasteiger partial charge on any atom is 0.240 e. The highest BCUT2D eigenvalue weighted by molar-refractivity contribution is 7.99. The highest BCUT2D eigenvalue weighted by Gasteiger charge is 2.17. The third-order valence-corrected chi connectivity index (χ3v) is 6.67. The van der Waals surface area contributed by atoms with Crippen molar-refractivity contribution in [1.82, 2.24) is 24.9 Å². The van der Waals surface area contributed by atoms with E-state index in [2.05, 4.69) is 25.6 Å². The zero-order valence-corrected chi connectivity index (χ0v) is 18.8. The quantitative estimate of drug-likeness (QED) is 0.462. The molecule has 0 radical (unpaired) electrons. The molecule has 0 fully saturated rings. The Hall–Kier alpha value is -2.96. The summed E-state index contributed by atoms with van der Waals surface area (Å²) in [5, 5.41) is 14.8. The summed E-state index contributed by atoms with van der Waals surface area (Å²) in [7, 11) is -2.29. The van der Waals surface area contributed by atoms with E-state index < -0.39 is 10.0 Å². The summed E-state index contributed by atoms with van der Waals surface area (Å²) in [6.45, 7) is 4.06. The van der Waals surface area contributed by atoms with Gasteiger partial charge in [-0.25, -0.2) is 13.1 Å². The number of sulfonamides is 1. The summed E-state index contributed by atoms with van der Waals surface area (Å²) in [5.41, 5.74) is 1.62. The van der Waals surface area contributed by atoms with Crippen molar-refractivity contribution in [2.45, 2.75) is 23.9 Å². The number of nitrogens with one attached hydrogen (secondary N) is 2. The van der Waals surface area contributed by atoms with Crippen LogP contribution in [0.3, 0.4) is 0 Å². The lowest BCUT2D eigenvalue weighted by Gasteiger charge is -2.11. The standard InChI is InChI=1S/C19H22N6O4S2/c1-4-29-16-8-6-5-7-15(16)25-19(22-23-24-25)30-12-18(26)21-14-10-9-13(2)17(11-14)31(27,28)20-3/h5-11,20H,4,12H2,1-3H3,(H,21,26). The molecule has 0 aliphatic carbocycles. The third kappa shape index (κ3) is 5.40. The summed E-state index contributed by atoms with van der Waals surface area (Å²) >= 11 is 1.15. The number of anilines is 1. The van der Waals surface area contributed by atoms with E-state index in [1.165, 1.54) is 17.8 Å². The van der Waals surface area contributed by atoms with Gasteiger partial charge in [-0.15, -0.1) is 5.10 Å². The first-order valence-electron chi connectivity index (χ1n) is 9.33. The number of ether oxygens (including phenoxy) is 1. The molecule has 0 aliphatic rings. The van der Waals surface area contributed by atoms with E-state index in [1.807, 2.05) is 31.2 Å². The Morgan fingerprint density at radius 3 is 2.74 bits per heavy atom.